The molecule has 3 aromatic rings. The van der Waals surface area contributed by atoms with Gasteiger partial charge in [0, 0.05) is 30.9 Å². The monoisotopic (exact) mass is 390 g/mol. The molecular formula is C22H22N4O3. The Morgan fingerprint density at radius 2 is 1.69 bits per heavy atom. The van der Waals surface area contributed by atoms with E-state index in [4.69, 9.17) is 9.47 Å². The molecule has 29 heavy (non-hydrogen) atoms. The Bertz CT molecular complexity index is 925. The molecule has 0 unspecified atom stereocenters. The summed E-state index contributed by atoms with van der Waals surface area (Å²) in [4.78, 5) is 22.8. The first-order chi connectivity index (χ1) is 14.3. The molecule has 4 rings (SSSR count). The van der Waals surface area contributed by atoms with Gasteiger partial charge in [-0.15, -0.1) is 0 Å². The summed E-state index contributed by atoms with van der Waals surface area (Å²) in [6.45, 7) is 3.69. The fourth-order valence-electron chi connectivity index (χ4n) is 3.07. The molecule has 1 amide bonds. The topological polar surface area (TPSA) is 76.6 Å². The van der Waals surface area contributed by atoms with Gasteiger partial charge in [-0.1, -0.05) is 42.5 Å². The van der Waals surface area contributed by atoms with Crippen molar-refractivity contribution in [3.05, 3.63) is 72.6 Å². The van der Waals surface area contributed by atoms with E-state index in [1.165, 1.54) is 12.4 Å². The molecule has 0 radical (unpaired) electrons. The van der Waals surface area contributed by atoms with Gasteiger partial charge in [0.2, 0.25) is 0 Å². The van der Waals surface area contributed by atoms with Crippen LogP contribution in [0.2, 0.25) is 0 Å². The molecule has 0 spiro atoms. The van der Waals surface area contributed by atoms with E-state index in [2.05, 4.69) is 32.3 Å². The van der Waals surface area contributed by atoms with E-state index in [1.54, 1.807) is 0 Å². The summed E-state index contributed by atoms with van der Waals surface area (Å²) in [5, 5.41) is 2.74. The van der Waals surface area contributed by atoms with E-state index in [0.717, 1.165) is 43.1 Å². The van der Waals surface area contributed by atoms with Gasteiger partial charge < -0.3 is 19.7 Å². The molecule has 1 saturated heterocycles. The van der Waals surface area contributed by atoms with E-state index in [-0.39, 0.29) is 0 Å². The first kappa shape index (κ1) is 18.9. The third-order valence-electron chi connectivity index (χ3n) is 4.62. The molecule has 0 bridgehead atoms. The molecule has 0 atom stereocenters. The normalized spacial score (nSPS) is 13.7. The van der Waals surface area contributed by atoms with Gasteiger partial charge in [0.05, 0.1) is 25.6 Å². The zero-order valence-electron chi connectivity index (χ0n) is 16.0. The van der Waals surface area contributed by atoms with Crippen molar-refractivity contribution in [1.29, 1.82) is 0 Å². The standard InChI is InChI=1S/C22H22N4O3/c27-22(29-20-15-23-21(24-16-20)18-4-2-1-3-5-18)25-14-17-6-8-19(9-7-17)26-10-12-28-13-11-26/h1-9,15-16H,10-14H2,(H,25,27). The van der Waals surface area contributed by atoms with Gasteiger partial charge in [0.1, 0.15) is 0 Å². The highest BCUT2D eigenvalue weighted by Crippen LogP contribution is 2.17. The predicted molar refractivity (Wildman–Crippen MR) is 110 cm³/mol. The van der Waals surface area contributed by atoms with Crippen LogP contribution in [-0.4, -0.2) is 42.4 Å². The molecule has 1 aliphatic heterocycles. The maximum absolute atomic E-state index is 12.0. The highest BCUT2D eigenvalue weighted by Gasteiger charge is 2.11. The number of morpholine rings is 1. The van der Waals surface area contributed by atoms with Gasteiger partial charge in [0.15, 0.2) is 11.6 Å². The van der Waals surface area contributed by atoms with Crippen molar-refractivity contribution in [1.82, 2.24) is 15.3 Å². The van der Waals surface area contributed by atoms with E-state index in [0.29, 0.717) is 18.1 Å². The number of rotatable bonds is 5. The van der Waals surface area contributed by atoms with Crippen molar-refractivity contribution in [3.63, 3.8) is 0 Å². The summed E-state index contributed by atoms with van der Waals surface area (Å²) in [7, 11) is 0. The minimum absolute atomic E-state index is 0.296. The minimum atomic E-state index is -0.543. The SMILES string of the molecule is O=C(NCc1ccc(N2CCOCC2)cc1)Oc1cnc(-c2ccccc2)nc1. The van der Waals surface area contributed by atoms with Gasteiger partial charge in [-0.25, -0.2) is 14.8 Å². The molecule has 7 heteroatoms. The molecule has 1 aliphatic rings. The molecule has 0 saturated carbocycles. The second kappa shape index (κ2) is 9.16. The lowest BCUT2D eigenvalue weighted by Crippen LogP contribution is -2.36. The lowest BCUT2D eigenvalue weighted by Gasteiger charge is -2.28. The van der Waals surface area contributed by atoms with Crippen LogP contribution in [0, 0.1) is 0 Å². The third-order valence-corrected chi connectivity index (χ3v) is 4.62. The van der Waals surface area contributed by atoms with Crippen molar-refractivity contribution >= 4 is 11.8 Å². The quantitative estimate of drug-likeness (QED) is 0.721. The summed E-state index contributed by atoms with van der Waals surface area (Å²) in [5.41, 5.74) is 3.06. The van der Waals surface area contributed by atoms with Crippen LogP contribution in [0.3, 0.4) is 0 Å². The molecule has 2 heterocycles. The minimum Gasteiger partial charge on any atom is -0.407 e. The Morgan fingerprint density at radius 3 is 2.38 bits per heavy atom. The summed E-state index contributed by atoms with van der Waals surface area (Å²) in [5.74, 6) is 0.878. The molecule has 1 fully saturated rings. The van der Waals surface area contributed by atoms with Crippen LogP contribution in [-0.2, 0) is 11.3 Å². The number of hydrogen-bond donors (Lipinski definition) is 1. The highest BCUT2D eigenvalue weighted by molar-refractivity contribution is 5.70. The second-order valence-electron chi connectivity index (χ2n) is 6.62. The Kier molecular flexibility index (Phi) is 5.97. The average Bonchev–Trinajstić information content (AvgIpc) is 2.80. The molecular weight excluding hydrogens is 368 g/mol. The third kappa shape index (κ3) is 5.08. The van der Waals surface area contributed by atoms with Gasteiger partial charge in [-0.3, -0.25) is 0 Å². The van der Waals surface area contributed by atoms with Crippen molar-refractivity contribution in [2.75, 3.05) is 31.2 Å². The average molecular weight is 390 g/mol. The summed E-state index contributed by atoms with van der Waals surface area (Å²) < 4.78 is 10.6. The van der Waals surface area contributed by atoms with Gasteiger partial charge in [-0.05, 0) is 17.7 Å². The fraction of sp³-hybridized carbons (Fsp3) is 0.227. The van der Waals surface area contributed by atoms with Crippen molar-refractivity contribution in [2.24, 2.45) is 0 Å². The number of nitrogens with one attached hydrogen (secondary N) is 1. The number of amides is 1. The lowest BCUT2D eigenvalue weighted by molar-refractivity contribution is 0.122. The van der Waals surface area contributed by atoms with Crippen LogP contribution < -0.4 is 15.0 Å². The predicted octanol–water partition coefficient (Wildman–Crippen LogP) is 3.27. The fourth-order valence-corrected chi connectivity index (χ4v) is 3.07. The van der Waals surface area contributed by atoms with Crippen LogP contribution in [0.1, 0.15) is 5.56 Å². The molecule has 0 aliphatic carbocycles. The van der Waals surface area contributed by atoms with Crippen molar-refractivity contribution in [2.45, 2.75) is 6.54 Å². The number of carbonyl (C=O) groups excluding carboxylic acids is 1. The van der Waals surface area contributed by atoms with Gasteiger partial charge >= 0.3 is 6.09 Å². The second-order valence-corrected chi connectivity index (χ2v) is 6.62. The number of ether oxygens (including phenoxy) is 2. The molecule has 1 N–H and O–H groups in total. The van der Waals surface area contributed by atoms with Crippen LogP contribution in [0.5, 0.6) is 5.75 Å². The zero-order valence-corrected chi connectivity index (χ0v) is 16.0. The lowest BCUT2D eigenvalue weighted by atomic mass is 10.2. The maximum Gasteiger partial charge on any atom is 0.412 e. The first-order valence-electron chi connectivity index (χ1n) is 9.53. The smallest absolute Gasteiger partial charge is 0.407 e. The summed E-state index contributed by atoms with van der Waals surface area (Å²) >= 11 is 0. The largest absolute Gasteiger partial charge is 0.412 e. The molecule has 148 valence electrons. The number of hydrogen-bond acceptors (Lipinski definition) is 6. The van der Waals surface area contributed by atoms with E-state index >= 15 is 0 Å². The Balaban J connectivity index is 1.27. The van der Waals surface area contributed by atoms with E-state index < -0.39 is 6.09 Å². The van der Waals surface area contributed by atoms with Crippen LogP contribution in [0.25, 0.3) is 11.4 Å². The number of aromatic nitrogens is 2. The maximum atomic E-state index is 12.0. The summed E-state index contributed by atoms with van der Waals surface area (Å²) in [6.07, 6.45) is 2.44. The van der Waals surface area contributed by atoms with Crippen LogP contribution in [0.4, 0.5) is 10.5 Å². The van der Waals surface area contributed by atoms with E-state index in [1.807, 2.05) is 42.5 Å². The van der Waals surface area contributed by atoms with Gasteiger partial charge in [-0.2, -0.15) is 0 Å². The first-order valence-corrected chi connectivity index (χ1v) is 9.53. The van der Waals surface area contributed by atoms with Crippen LogP contribution in [0.15, 0.2) is 67.0 Å². The van der Waals surface area contributed by atoms with E-state index in [9.17, 15) is 4.79 Å². The Labute approximate surface area is 169 Å². The van der Waals surface area contributed by atoms with Crippen LogP contribution >= 0.6 is 0 Å². The number of carbonyl (C=O) groups is 1. The van der Waals surface area contributed by atoms with Crippen molar-refractivity contribution in [3.8, 4) is 17.1 Å². The number of anilines is 1. The number of nitrogens with zero attached hydrogens (tertiary/aromatic N) is 3. The molecule has 2 aromatic carbocycles. The number of benzene rings is 2. The van der Waals surface area contributed by atoms with Gasteiger partial charge in [0.25, 0.3) is 0 Å². The van der Waals surface area contributed by atoms with Crippen molar-refractivity contribution < 1.29 is 14.3 Å². The molecule has 7 nitrogen and oxygen atoms in total. The summed E-state index contributed by atoms with van der Waals surface area (Å²) in [6, 6.07) is 17.7. The zero-order chi connectivity index (χ0) is 19.9. The highest BCUT2D eigenvalue weighted by atomic mass is 16.6. The molecule has 1 aromatic heterocycles. The Hall–Kier alpha value is -3.45. The Morgan fingerprint density at radius 1 is 1.00 bits per heavy atom.